The van der Waals surface area contributed by atoms with Crippen LogP contribution in [0.4, 0.5) is 5.69 Å². The zero-order valence-corrected chi connectivity index (χ0v) is 21.0. The number of carbonyl (C=O) groups is 2. The van der Waals surface area contributed by atoms with Gasteiger partial charge in [-0.2, -0.15) is 9.90 Å². The highest BCUT2D eigenvalue weighted by molar-refractivity contribution is 6.30. The summed E-state index contributed by atoms with van der Waals surface area (Å²) in [7, 11) is 0. The van der Waals surface area contributed by atoms with E-state index in [2.05, 4.69) is 46.8 Å². The third kappa shape index (κ3) is 6.56. The van der Waals surface area contributed by atoms with Crippen LogP contribution < -0.4 is 10.6 Å². The Morgan fingerprint density at radius 2 is 1.87 bits per heavy atom. The van der Waals surface area contributed by atoms with Crippen LogP contribution >= 0.6 is 11.6 Å². The number of amides is 2. The number of carbonyl (C=O) groups excluding carboxylic acids is 2. The minimum absolute atomic E-state index is 0.292. The number of rotatable bonds is 9. The number of hydrogen-bond donors (Lipinski definition) is 3. The third-order valence-electron chi connectivity index (χ3n) is 5.67. The van der Waals surface area contributed by atoms with Crippen molar-refractivity contribution in [1.82, 2.24) is 46.1 Å². The van der Waals surface area contributed by atoms with Gasteiger partial charge in [-0.25, -0.2) is 0 Å². The van der Waals surface area contributed by atoms with Crippen molar-refractivity contribution in [2.24, 2.45) is 0 Å². The maximum Gasteiger partial charge on any atom is 0.247 e. The Morgan fingerprint density at radius 3 is 2.59 bits per heavy atom. The molecule has 2 amide bonds. The number of aromatic nitrogens is 8. The molecule has 0 aliphatic carbocycles. The molecule has 39 heavy (non-hydrogen) atoms. The van der Waals surface area contributed by atoms with E-state index >= 15 is 0 Å². The minimum Gasteiger partial charge on any atom is -0.340 e. The van der Waals surface area contributed by atoms with Crippen molar-refractivity contribution in [3.05, 3.63) is 101 Å². The molecule has 1 unspecified atom stereocenters. The Balaban J connectivity index is 1.32. The van der Waals surface area contributed by atoms with Gasteiger partial charge in [-0.05, 0) is 69.7 Å². The second-order valence-corrected chi connectivity index (χ2v) is 8.78. The number of H-pyrrole nitrogens is 1. The molecule has 12 nitrogen and oxygen atoms in total. The minimum atomic E-state index is -0.847. The van der Waals surface area contributed by atoms with Gasteiger partial charge in [-0.1, -0.05) is 41.9 Å². The molecule has 194 valence electrons. The van der Waals surface area contributed by atoms with E-state index in [-0.39, 0.29) is 5.91 Å². The summed E-state index contributed by atoms with van der Waals surface area (Å²) in [6, 6.07) is 20.7. The van der Waals surface area contributed by atoms with E-state index in [1.165, 1.54) is 17.1 Å². The SMILES string of the molecule is O=C(/C=C/c1cc(Cl)ccc1-n1cnnn1)NC(Cc1ccccc1)C(=O)Nc1ccc(-c2nn[nH]n2)cc1. The quantitative estimate of drug-likeness (QED) is 0.241. The predicted molar refractivity (Wildman–Crippen MR) is 144 cm³/mol. The molecule has 3 aromatic carbocycles. The van der Waals surface area contributed by atoms with Gasteiger partial charge in [-0.15, -0.1) is 15.3 Å². The largest absolute Gasteiger partial charge is 0.340 e. The lowest BCUT2D eigenvalue weighted by Crippen LogP contribution is -2.44. The fourth-order valence-corrected chi connectivity index (χ4v) is 3.98. The normalized spacial score (nSPS) is 11.8. The fourth-order valence-electron chi connectivity index (χ4n) is 3.80. The first-order valence-corrected chi connectivity index (χ1v) is 12.1. The number of tetrazole rings is 2. The number of anilines is 1. The average Bonchev–Trinajstić information content (AvgIpc) is 3.68. The van der Waals surface area contributed by atoms with Crippen LogP contribution in [0.25, 0.3) is 23.2 Å². The van der Waals surface area contributed by atoms with Crippen molar-refractivity contribution < 1.29 is 9.59 Å². The van der Waals surface area contributed by atoms with Gasteiger partial charge in [0.25, 0.3) is 0 Å². The third-order valence-corrected chi connectivity index (χ3v) is 5.91. The zero-order chi connectivity index (χ0) is 27.0. The van der Waals surface area contributed by atoms with E-state index in [1.54, 1.807) is 48.5 Å². The van der Waals surface area contributed by atoms with E-state index in [0.717, 1.165) is 11.1 Å². The number of benzene rings is 3. The lowest BCUT2D eigenvalue weighted by atomic mass is 10.0. The Kier molecular flexibility index (Phi) is 7.74. The standard InChI is InChI=1S/C26H21ClN10O2/c27-20-9-12-23(37-16-28-33-36-37)19(15-20)8-13-24(38)30-22(14-17-4-2-1-3-5-17)26(39)29-21-10-6-18(7-11-21)25-31-34-35-32-25/h1-13,15-16,22H,14H2,(H,29,39)(H,30,38)(H,31,32,34,35)/b13-8+. The molecule has 0 saturated carbocycles. The molecule has 0 bridgehead atoms. The first-order chi connectivity index (χ1) is 19.0. The van der Waals surface area contributed by atoms with Crippen molar-refractivity contribution in [1.29, 1.82) is 0 Å². The molecule has 0 fully saturated rings. The second-order valence-electron chi connectivity index (χ2n) is 8.34. The van der Waals surface area contributed by atoms with E-state index in [0.29, 0.717) is 34.2 Å². The molecule has 2 aromatic heterocycles. The van der Waals surface area contributed by atoms with Crippen LogP contribution in [0.15, 0.2) is 85.2 Å². The van der Waals surface area contributed by atoms with Gasteiger partial charge in [0.1, 0.15) is 12.4 Å². The van der Waals surface area contributed by atoms with Gasteiger partial charge in [-0.3, -0.25) is 9.59 Å². The molecule has 0 aliphatic rings. The van der Waals surface area contributed by atoms with E-state index in [1.807, 2.05) is 30.3 Å². The molecule has 0 spiro atoms. The molecule has 5 aromatic rings. The molecule has 0 saturated heterocycles. The summed E-state index contributed by atoms with van der Waals surface area (Å²) in [6.07, 6.45) is 4.66. The van der Waals surface area contributed by atoms with Gasteiger partial charge in [0.2, 0.25) is 17.6 Å². The van der Waals surface area contributed by atoms with Crippen LogP contribution in [0.1, 0.15) is 11.1 Å². The Hall–Kier alpha value is -5.23. The van der Waals surface area contributed by atoms with E-state index in [4.69, 9.17) is 11.6 Å². The smallest absolute Gasteiger partial charge is 0.247 e. The summed E-state index contributed by atoms with van der Waals surface area (Å²) in [5.41, 5.74) is 3.44. The van der Waals surface area contributed by atoms with Crippen LogP contribution in [-0.2, 0) is 16.0 Å². The molecule has 5 rings (SSSR count). The highest BCUT2D eigenvalue weighted by Gasteiger charge is 2.21. The summed E-state index contributed by atoms with van der Waals surface area (Å²) in [6.45, 7) is 0. The molecule has 0 radical (unpaired) electrons. The van der Waals surface area contributed by atoms with Crippen LogP contribution in [0.3, 0.4) is 0 Å². The highest BCUT2D eigenvalue weighted by atomic mass is 35.5. The number of nitrogens with one attached hydrogen (secondary N) is 3. The molecular weight excluding hydrogens is 520 g/mol. The van der Waals surface area contributed by atoms with Crippen LogP contribution in [0.5, 0.6) is 0 Å². The van der Waals surface area contributed by atoms with Crippen LogP contribution in [-0.4, -0.2) is 58.7 Å². The second kappa shape index (κ2) is 11.9. The lowest BCUT2D eigenvalue weighted by Gasteiger charge is -2.18. The van der Waals surface area contributed by atoms with Gasteiger partial charge in [0.15, 0.2) is 0 Å². The Bertz CT molecular complexity index is 1570. The van der Waals surface area contributed by atoms with Crippen LogP contribution in [0.2, 0.25) is 5.02 Å². The van der Waals surface area contributed by atoms with Crippen molar-refractivity contribution in [2.75, 3.05) is 5.32 Å². The molecule has 2 heterocycles. The summed E-state index contributed by atoms with van der Waals surface area (Å²) in [5.74, 6) is -0.386. The van der Waals surface area contributed by atoms with Crippen molar-refractivity contribution in [3.63, 3.8) is 0 Å². The van der Waals surface area contributed by atoms with Gasteiger partial charge in [0.05, 0.1) is 5.69 Å². The average molecular weight is 541 g/mol. The molecular formula is C26H21ClN10O2. The fraction of sp³-hybridized carbons (Fsp3) is 0.0769. The van der Waals surface area contributed by atoms with Crippen molar-refractivity contribution in [3.8, 4) is 17.1 Å². The predicted octanol–water partition coefficient (Wildman–Crippen LogP) is 2.88. The number of hydrogen-bond acceptors (Lipinski definition) is 8. The summed E-state index contributed by atoms with van der Waals surface area (Å²) in [5, 5.41) is 31.2. The van der Waals surface area contributed by atoms with Crippen molar-refractivity contribution >= 4 is 35.2 Å². The molecule has 0 aliphatic heterocycles. The Morgan fingerprint density at radius 1 is 1.05 bits per heavy atom. The maximum absolute atomic E-state index is 13.3. The summed E-state index contributed by atoms with van der Waals surface area (Å²) in [4.78, 5) is 26.2. The Labute approximate surface area is 227 Å². The van der Waals surface area contributed by atoms with E-state index < -0.39 is 11.9 Å². The topological polar surface area (TPSA) is 156 Å². The monoisotopic (exact) mass is 540 g/mol. The summed E-state index contributed by atoms with van der Waals surface area (Å²) < 4.78 is 1.46. The first-order valence-electron chi connectivity index (χ1n) is 11.8. The lowest BCUT2D eigenvalue weighted by molar-refractivity contribution is -0.123. The summed E-state index contributed by atoms with van der Waals surface area (Å²) >= 11 is 6.17. The number of halogens is 1. The first kappa shape index (κ1) is 25.4. The van der Waals surface area contributed by atoms with E-state index in [9.17, 15) is 9.59 Å². The molecule has 13 heteroatoms. The molecule has 1 atom stereocenters. The van der Waals surface area contributed by atoms with Gasteiger partial charge < -0.3 is 10.6 Å². The van der Waals surface area contributed by atoms with Crippen LogP contribution in [0, 0.1) is 0 Å². The number of aromatic amines is 1. The van der Waals surface area contributed by atoms with Gasteiger partial charge >= 0.3 is 0 Å². The van der Waals surface area contributed by atoms with Gasteiger partial charge in [0, 0.05) is 34.3 Å². The zero-order valence-electron chi connectivity index (χ0n) is 20.3. The van der Waals surface area contributed by atoms with Crippen molar-refractivity contribution in [2.45, 2.75) is 12.5 Å². The number of nitrogens with zero attached hydrogens (tertiary/aromatic N) is 7. The highest BCUT2D eigenvalue weighted by Crippen LogP contribution is 2.20. The molecule has 3 N–H and O–H groups in total. The maximum atomic E-state index is 13.3.